The molecule has 0 bridgehead atoms. The number of aromatic nitrogens is 2. The van der Waals surface area contributed by atoms with Crippen molar-refractivity contribution in [2.45, 2.75) is 32.6 Å². The van der Waals surface area contributed by atoms with Gasteiger partial charge in [-0.15, -0.1) is 0 Å². The van der Waals surface area contributed by atoms with Gasteiger partial charge in [0.05, 0.1) is 0 Å². The smallest absolute Gasteiger partial charge is 0.231 e. The molecule has 3 heterocycles. The van der Waals surface area contributed by atoms with Crippen molar-refractivity contribution < 1.29 is 14.3 Å². The predicted molar refractivity (Wildman–Crippen MR) is 97.9 cm³/mol. The largest absolute Gasteiger partial charge is 0.454 e. The van der Waals surface area contributed by atoms with E-state index in [4.69, 9.17) is 9.47 Å². The number of carbonyl (C=O) groups is 1. The molecule has 26 heavy (non-hydrogen) atoms. The predicted octanol–water partition coefficient (Wildman–Crippen LogP) is 3.26. The summed E-state index contributed by atoms with van der Waals surface area (Å²) in [5.74, 6) is 2.47. The van der Waals surface area contributed by atoms with Crippen molar-refractivity contribution in [1.29, 1.82) is 0 Å². The zero-order chi connectivity index (χ0) is 17.9. The van der Waals surface area contributed by atoms with Gasteiger partial charge in [0.2, 0.25) is 6.79 Å². The summed E-state index contributed by atoms with van der Waals surface area (Å²) in [5, 5.41) is 0. The lowest BCUT2D eigenvalue weighted by atomic mass is 9.89. The third-order valence-electron chi connectivity index (χ3n) is 5.03. The third-order valence-corrected chi connectivity index (χ3v) is 5.03. The van der Waals surface area contributed by atoms with Gasteiger partial charge in [-0.3, -0.25) is 4.79 Å². The zero-order valence-electron chi connectivity index (χ0n) is 15.0. The summed E-state index contributed by atoms with van der Waals surface area (Å²) in [6.45, 7) is 4.00. The molecule has 1 fully saturated rings. The van der Waals surface area contributed by atoms with Crippen LogP contribution in [0.25, 0.3) is 0 Å². The Morgan fingerprint density at radius 1 is 1.31 bits per heavy atom. The standard InChI is InChI=1S/C20H23N3O3/c1-2-4-15-10-21-12-22-20(15)23-8-3-5-16(11-23)19(24)14-6-7-17-18(9-14)26-13-25-17/h6-7,9-10,12,16H,2-5,8,11,13H2,1H3. The number of nitrogens with zero attached hydrogens (tertiary/aromatic N) is 3. The van der Waals surface area contributed by atoms with Crippen LogP contribution in [0.3, 0.4) is 0 Å². The molecule has 4 rings (SSSR count). The molecule has 0 N–H and O–H groups in total. The van der Waals surface area contributed by atoms with E-state index < -0.39 is 0 Å². The van der Waals surface area contributed by atoms with Crippen molar-refractivity contribution in [2.24, 2.45) is 5.92 Å². The van der Waals surface area contributed by atoms with Crippen LogP contribution < -0.4 is 14.4 Å². The number of fused-ring (bicyclic) bond motifs is 1. The summed E-state index contributed by atoms with van der Waals surface area (Å²) in [7, 11) is 0. The molecular weight excluding hydrogens is 330 g/mol. The maximum Gasteiger partial charge on any atom is 0.231 e. The Bertz CT molecular complexity index is 809. The second kappa shape index (κ2) is 7.32. The van der Waals surface area contributed by atoms with Crippen LogP contribution in [0.5, 0.6) is 11.5 Å². The molecule has 2 aliphatic rings. The number of hydrogen-bond acceptors (Lipinski definition) is 6. The number of ketones is 1. The van der Waals surface area contributed by atoms with Crippen LogP contribution in [-0.4, -0.2) is 35.6 Å². The fraction of sp³-hybridized carbons (Fsp3) is 0.450. The maximum atomic E-state index is 13.0. The molecule has 0 radical (unpaired) electrons. The highest BCUT2D eigenvalue weighted by Gasteiger charge is 2.29. The SMILES string of the molecule is CCCc1cncnc1N1CCCC(C(=O)c2ccc3c(c2)OCO3)C1. The van der Waals surface area contributed by atoms with Crippen LogP contribution in [0.15, 0.2) is 30.7 Å². The highest BCUT2D eigenvalue weighted by molar-refractivity contribution is 5.99. The van der Waals surface area contributed by atoms with Crippen molar-refractivity contribution >= 4 is 11.6 Å². The molecule has 1 aromatic carbocycles. The van der Waals surface area contributed by atoms with Crippen LogP contribution in [0.1, 0.15) is 42.1 Å². The van der Waals surface area contributed by atoms with Gasteiger partial charge in [0.1, 0.15) is 12.1 Å². The summed E-state index contributed by atoms with van der Waals surface area (Å²) < 4.78 is 10.7. The average Bonchev–Trinajstić information content (AvgIpc) is 3.16. The number of rotatable bonds is 5. The fourth-order valence-electron chi connectivity index (χ4n) is 3.75. The Kier molecular flexibility index (Phi) is 4.73. The fourth-order valence-corrected chi connectivity index (χ4v) is 3.75. The first-order valence-electron chi connectivity index (χ1n) is 9.24. The lowest BCUT2D eigenvalue weighted by Gasteiger charge is -2.33. The van der Waals surface area contributed by atoms with Gasteiger partial charge in [-0.2, -0.15) is 0 Å². The van der Waals surface area contributed by atoms with Crippen LogP contribution in [0, 0.1) is 5.92 Å². The Balaban J connectivity index is 1.53. The molecular formula is C20H23N3O3. The second-order valence-corrected chi connectivity index (χ2v) is 6.84. The molecule has 0 saturated carbocycles. The number of piperidine rings is 1. The normalized spacial score (nSPS) is 18.8. The topological polar surface area (TPSA) is 64.6 Å². The van der Waals surface area contributed by atoms with E-state index in [9.17, 15) is 4.79 Å². The minimum absolute atomic E-state index is 0.0337. The van der Waals surface area contributed by atoms with E-state index >= 15 is 0 Å². The molecule has 1 aromatic heterocycles. The van der Waals surface area contributed by atoms with Gasteiger partial charge < -0.3 is 14.4 Å². The van der Waals surface area contributed by atoms with E-state index in [-0.39, 0.29) is 18.5 Å². The third kappa shape index (κ3) is 3.23. The van der Waals surface area contributed by atoms with Crippen molar-refractivity contribution in [2.75, 3.05) is 24.8 Å². The summed E-state index contributed by atoms with van der Waals surface area (Å²) in [6, 6.07) is 5.46. The quantitative estimate of drug-likeness (QED) is 0.769. The van der Waals surface area contributed by atoms with Gasteiger partial charge in [-0.1, -0.05) is 13.3 Å². The first-order chi connectivity index (χ1) is 12.8. The number of anilines is 1. The van der Waals surface area contributed by atoms with Crippen LogP contribution >= 0.6 is 0 Å². The Morgan fingerprint density at radius 3 is 3.08 bits per heavy atom. The van der Waals surface area contributed by atoms with E-state index in [1.165, 1.54) is 0 Å². The van der Waals surface area contributed by atoms with Crippen molar-refractivity contribution in [1.82, 2.24) is 9.97 Å². The number of benzene rings is 1. The Morgan fingerprint density at radius 2 is 2.19 bits per heavy atom. The molecule has 6 heteroatoms. The minimum Gasteiger partial charge on any atom is -0.454 e. The van der Waals surface area contributed by atoms with Crippen molar-refractivity contribution in [3.05, 3.63) is 41.9 Å². The second-order valence-electron chi connectivity index (χ2n) is 6.84. The van der Waals surface area contributed by atoms with E-state index in [2.05, 4.69) is 21.8 Å². The van der Waals surface area contributed by atoms with Gasteiger partial charge in [-0.25, -0.2) is 9.97 Å². The van der Waals surface area contributed by atoms with Crippen LogP contribution in [0.2, 0.25) is 0 Å². The molecule has 136 valence electrons. The first kappa shape index (κ1) is 16.8. The highest BCUT2D eigenvalue weighted by Crippen LogP contribution is 2.34. The minimum atomic E-state index is -0.0337. The molecule has 2 aromatic rings. The number of carbonyl (C=O) groups excluding carboxylic acids is 1. The number of ether oxygens (including phenoxy) is 2. The lowest BCUT2D eigenvalue weighted by Crippen LogP contribution is -2.39. The van der Waals surface area contributed by atoms with Gasteiger partial charge in [0.25, 0.3) is 0 Å². The first-order valence-corrected chi connectivity index (χ1v) is 9.24. The van der Waals surface area contributed by atoms with Crippen LogP contribution in [0.4, 0.5) is 5.82 Å². The summed E-state index contributed by atoms with van der Waals surface area (Å²) >= 11 is 0. The maximum absolute atomic E-state index is 13.0. The molecule has 1 unspecified atom stereocenters. The van der Waals surface area contributed by atoms with Gasteiger partial charge >= 0.3 is 0 Å². The van der Waals surface area contributed by atoms with E-state index in [0.29, 0.717) is 23.6 Å². The number of hydrogen-bond donors (Lipinski definition) is 0. The molecule has 0 spiro atoms. The van der Waals surface area contributed by atoms with Crippen molar-refractivity contribution in [3.8, 4) is 11.5 Å². The van der Waals surface area contributed by atoms with E-state index in [0.717, 1.165) is 43.6 Å². The highest BCUT2D eigenvalue weighted by atomic mass is 16.7. The molecule has 2 aliphatic heterocycles. The summed E-state index contributed by atoms with van der Waals surface area (Å²) in [6.07, 6.45) is 7.38. The van der Waals surface area contributed by atoms with Crippen molar-refractivity contribution in [3.63, 3.8) is 0 Å². The van der Waals surface area contributed by atoms with E-state index in [1.807, 2.05) is 18.3 Å². The molecule has 0 aliphatic carbocycles. The zero-order valence-corrected chi connectivity index (χ0v) is 15.0. The number of aryl methyl sites for hydroxylation is 1. The monoisotopic (exact) mass is 353 g/mol. The molecule has 1 atom stereocenters. The van der Waals surface area contributed by atoms with Gasteiger partial charge in [0, 0.05) is 36.3 Å². The van der Waals surface area contributed by atoms with Gasteiger partial charge in [-0.05, 0) is 37.5 Å². The lowest BCUT2D eigenvalue weighted by molar-refractivity contribution is 0.0906. The number of Topliss-reactive ketones (excluding diaryl/α,β-unsaturated/α-hetero) is 1. The summed E-state index contributed by atoms with van der Waals surface area (Å²) in [5.41, 5.74) is 1.85. The summed E-state index contributed by atoms with van der Waals surface area (Å²) in [4.78, 5) is 23.9. The average molecular weight is 353 g/mol. The molecule has 0 amide bonds. The molecule has 1 saturated heterocycles. The molecule has 6 nitrogen and oxygen atoms in total. The Hall–Kier alpha value is -2.63. The van der Waals surface area contributed by atoms with E-state index in [1.54, 1.807) is 12.4 Å². The van der Waals surface area contributed by atoms with Gasteiger partial charge in [0.15, 0.2) is 17.3 Å². The Labute approximate surface area is 153 Å². The van der Waals surface area contributed by atoms with Crippen LogP contribution in [-0.2, 0) is 6.42 Å².